The van der Waals surface area contributed by atoms with Gasteiger partial charge in [0.15, 0.2) is 11.9 Å². The highest BCUT2D eigenvalue weighted by molar-refractivity contribution is 7.18. The van der Waals surface area contributed by atoms with Gasteiger partial charge in [-0.15, -0.1) is 11.3 Å². The average Bonchev–Trinajstić information content (AvgIpc) is 2.99. The van der Waals surface area contributed by atoms with Crippen LogP contribution in [0.1, 0.15) is 53.0 Å². The number of aromatic amines is 1. The molecule has 0 radical (unpaired) electrons. The minimum absolute atomic E-state index is 0.145. The maximum atomic E-state index is 13.8. The summed E-state index contributed by atoms with van der Waals surface area (Å²) in [7, 11) is 0. The Hall–Kier alpha value is -2.54. The zero-order chi connectivity index (χ0) is 19.1. The van der Waals surface area contributed by atoms with Crippen molar-refractivity contribution in [2.24, 2.45) is 5.92 Å². The van der Waals surface area contributed by atoms with E-state index in [0.29, 0.717) is 16.1 Å². The fraction of sp³-hybridized carbons (Fsp3) is 0.350. The first-order chi connectivity index (χ1) is 12.9. The van der Waals surface area contributed by atoms with Gasteiger partial charge in [0.05, 0.1) is 10.9 Å². The number of fused-ring (bicyclic) bond motifs is 3. The number of aryl methyl sites for hydroxylation is 1. The highest BCUT2D eigenvalue weighted by Crippen LogP contribution is 2.36. The van der Waals surface area contributed by atoms with E-state index < -0.39 is 17.9 Å². The van der Waals surface area contributed by atoms with Gasteiger partial charge in [0.1, 0.15) is 10.6 Å². The Morgan fingerprint density at radius 3 is 2.96 bits per heavy atom. The van der Waals surface area contributed by atoms with E-state index >= 15 is 0 Å². The van der Waals surface area contributed by atoms with Gasteiger partial charge in [-0.1, -0.05) is 19.1 Å². The van der Waals surface area contributed by atoms with Crippen molar-refractivity contribution in [3.05, 3.63) is 62.3 Å². The summed E-state index contributed by atoms with van der Waals surface area (Å²) >= 11 is 1.54. The number of nitrogens with zero attached hydrogens (tertiary/aromatic N) is 1. The smallest absolute Gasteiger partial charge is 0.341 e. The van der Waals surface area contributed by atoms with Gasteiger partial charge in [-0.05, 0) is 49.8 Å². The van der Waals surface area contributed by atoms with Crippen molar-refractivity contribution in [3.63, 3.8) is 0 Å². The van der Waals surface area contributed by atoms with Crippen LogP contribution in [0.15, 0.2) is 29.1 Å². The number of carbonyl (C=O) groups excluding carboxylic acids is 1. The molecule has 2 heterocycles. The van der Waals surface area contributed by atoms with Gasteiger partial charge in [0.25, 0.3) is 5.56 Å². The lowest BCUT2D eigenvalue weighted by Gasteiger charge is -2.17. The molecule has 0 unspecified atom stereocenters. The molecular formula is C20H19FN2O3S. The molecule has 1 N–H and O–H groups in total. The van der Waals surface area contributed by atoms with E-state index in [1.165, 1.54) is 34.4 Å². The van der Waals surface area contributed by atoms with Crippen LogP contribution in [0.3, 0.4) is 0 Å². The Labute approximate surface area is 159 Å². The predicted molar refractivity (Wildman–Crippen MR) is 102 cm³/mol. The lowest BCUT2D eigenvalue weighted by atomic mass is 9.89. The Morgan fingerprint density at radius 2 is 2.19 bits per heavy atom. The molecule has 3 aromatic rings. The molecule has 140 valence electrons. The second-order valence-corrected chi connectivity index (χ2v) is 8.09. The van der Waals surface area contributed by atoms with Gasteiger partial charge < -0.3 is 9.72 Å². The minimum Gasteiger partial charge on any atom is -0.451 e. The molecule has 7 heteroatoms. The van der Waals surface area contributed by atoms with Gasteiger partial charge in [-0.3, -0.25) is 4.79 Å². The Bertz CT molecular complexity index is 1090. The lowest BCUT2D eigenvalue weighted by molar-refractivity contribution is 0.0315. The number of rotatable bonds is 3. The standard InChI is InChI=1S/C20H19FN2O3S/c1-10-7-8-13-15(9-10)27-19-16(13)18(24)22-17(23-19)11(2)26-20(25)12-5-3-4-6-14(12)21/h3-6,10-11H,7-9H2,1-2H3,(H,22,23,24)/t10-,11+/m1/s1. The van der Waals surface area contributed by atoms with E-state index in [1.54, 1.807) is 13.0 Å². The van der Waals surface area contributed by atoms with Crippen molar-refractivity contribution in [2.45, 2.75) is 39.2 Å². The third-order valence-electron chi connectivity index (χ3n) is 4.95. The van der Waals surface area contributed by atoms with Crippen molar-refractivity contribution in [1.29, 1.82) is 0 Å². The number of aromatic nitrogens is 2. The maximum Gasteiger partial charge on any atom is 0.341 e. The highest BCUT2D eigenvalue weighted by atomic mass is 32.1. The lowest BCUT2D eigenvalue weighted by Crippen LogP contribution is -2.18. The number of nitrogens with one attached hydrogen (secondary N) is 1. The number of hydrogen-bond acceptors (Lipinski definition) is 5. The first-order valence-corrected chi connectivity index (χ1v) is 9.75. The zero-order valence-corrected chi connectivity index (χ0v) is 15.9. The fourth-order valence-electron chi connectivity index (χ4n) is 3.46. The van der Waals surface area contributed by atoms with Crippen LogP contribution < -0.4 is 5.56 Å². The fourth-order valence-corrected chi connectivity index (χ4v) is 4.86. The Balaban J connectivity index is 1.65. The third kappa shape index (κ3) is 3.27. The third-order valence-corrected chi connectivity index (χ3v) is 6.09. The van der Waals surface area contributed by atoms with E-state index in [1.807, 2.05) is 0 Å². The van der Waals surface area contributed by atoms with Gasteiger partial charge in [-0.25, -0.2) is 14.2 Å². The van der Waals surface area contributed by atoms with Gasteiger partial charge in [0, 0.05) is 4.88 Å². The monoisotopic (exact) mass is 386 g/mol. The van der Waals surface area contributed by atoms with Gasteiger partial charge >= 0.3 is 5.97 Å². The summed E-state index contributed by atoms with van der Waals surface area (Å²) in [4.78, 5) is 34.0. The Kier molecular flexibility index (Phi) is 4.55. The van der Waals surface area contributed by atoms with E-state index in [9.17, 15) is 14.0 Å². The second kappa shape index (κ2) is 6.88. The van der Waals surface area contributed by atoms with E-state index in [4.69, 9.17) is 4.74 Å². The predicted octanol–water partition coefficient (Wildman–Crippen LogP) is 4.17. The molecule has 27 heavy (non-hydrogen) atoms. The van der Waals surface area contributed by atoms with Crippen LogP contribution in [0.2, 0.25) is 0 Å². The summed E-state index contributed by atoms with van der Waals surface area (Å²) in [6.07, 6.45) is 2.12. The summed E-state index contributed by atoms with van der Waals surface area (Å²) < 4.78 is 19.1. The summed E-state index contributed by atoms with van der Waals surface area (Å²) in [5.41, 5.74) is 0.744. The number of H-pyrrole nitrogens is 1. The van der Waals surface area contributed by atoms with Crippen LogP contribution in [0.4, 0.5) is 4.39 Å². The van der Waals surface area contributed by atoms with Crippen molar-refractivity contribution in [1.82, 2.24) is 9.97 Å². The molecule has 1 aromatic carbocycles. The molecule has 0 fully saturated rings. The quantitative estimate of drug-likeness (QED) is 0.686. The summed E-state index contributed by atoms with van der Waals surface area (Å²) in [6, 6.07) is 5.62. The number of halogens is 1. The van der Waals surface area contributed by atoms with Crippen molar-refractivity contribution < 1.29 is 13.9 Å². The van der Waals surface area contributed by atoms with Crippen LogP contribution in [-0.2, 0) is 17.6 Å². The molecule has 0 aliphatic heterocycles. The number of thiophene rings is 1. The second-order valence-electron chi connectivity index (χ2n) is 7.01. The normalized spacial score (nSPS) is 17.5. The van der Waals surface area contributed by atoms with Crippen LogP contribution in [0.5, 0.6) is 0 Å². The number of hydrogen-bond donors (Lipinski definition) is 1. The molecular weight excluding hydrogens is 367 g/mol. The molecule has 5 nitrogen and oxygen atoms in total. The van der Waals surface area contributed by atoms with Crippen LogP contribution in [0, 0.1) is 11.7 Å². The summed E-state index contributed by atoms with van der Waals surface area (Å²) in [5, 5.41) is 0.651. The average molecular weight is 386 g/mol. The van der Waals surface area contributed by atoms with Crippen LogP contribution in [-0.4, -0.2) is 15.9 Å². The van der Waals surface area contributed by atoms with Crippen molar-refractivity contribution in [3.8, 4) is 0 Å². The molecule has 4 rings (SSSR count). The van der Waals surface area contributed by atoms with Crippen molar-refractivity contribution >= 4 is 27.5 Å². The molecule has 2 aromatic heterocycles. The van der Waals surface area contributed by atoms with Crippen LogP contribution >= 0.6 is 11.3 Å². The molecule has 0 saturated heterocycles. The molecule has 1 aliphatic carbocycles. The van der Waals surface area contributed by atoms with E-state index in [-0.39, 0.29) is 16.9 Å². The largest absolute Gasteiger partial charge is 0.451 e. The first kappa shape index (κ1) is 17.9. The minimum atomic E-state index is -0.799. The topological polar surface area (TPSA) is 72.0 Å². The number of esters is 1. The molecule has 0 amide bonds. The molecule has 1 aliphatic rings. The molecule has 2 atom stereocenters. The SMILES string of the molecule is C[C@@H]1CCc2c(sc3nc([C@H](C)OC(=O)c4ccccc4F)[nH]c(=O)c23)C1. The summed E-state index contributed by atoms with van der Waals surface area (Å²) in [6.45, 7) is 3.82. The molecule has 0 bridgehead atoms. The highest BCUT2D eigenvalue weighted by Gasteiger charge is 2.25. The van der Waals surface area contributed by atoms with Gasteiger partial charge in [0.2, 0.25) is 0 Å². The maximum absolute atomic E-state index is 13.8. The van der Waals surface area contributed by atoms with E-state index in [2.05, 4.69) is 16.9 Å². The number of ether oxygens (including phenoxy) is 1. The van der Waals surface area contributed by atoms with Crippen molar-refractivity contribution in [2.75, 3.05) is 0 Å². The van der Waals surface area contributed by atoms with Gasteiger partial charge in [-0.2, -0.15) is 0 Å². The zero-order valence-electron chi connectivity index (χ0n) is 15.0. The van der Waals surface area contributed by atoms with E-state index in [0.717, 1.165) is 24.8 Å². The Morgan fingerprint density at radius 1 is 1.41 bits per heavy atom. The summed E-state index contributed by atoms with van der Waals surface area (Å²) in [5.74, 6) is -0.567. The molecule has 0 saturated carbocycles. The molecule has 0 spiro atoms. The van der Waals surface area contributed by atoms with Crippen LogP contribution in [0.25, 0.3) is 10.2 Å². The number of carbonyl (C=O) groups is 1. The first-order valence-electron chi connectivity index (χ1n) is 8.94. The number of benzene rings is 1.